The molecule has 0 aromatic carbocycles. The molecule has 0 saturated carbocycles. The van der Waals surface area contributed by atoms with Crippen LogP contribution in [0.2, 0.25) is 0 Å². The molecule has 5 heteroatoms. The SMILES string of the molecule is CC(CCCN=C=O)OC(C)CN=C=O. The van der Waals surface area contributed by atoms with Gasteiger partial charge in [0.2, 0.25) is 12.2 Å². The number of ether oxygens (including phenoxy) is 1. The van der Waals surface area contributed by atoms with Gasteiger partial charge in [-0.25, -0.2) is 19.6 Å². The molecule has 84 valence electrons. The zero-order valence-corrected chi connectivity index (χ0v) is 9.10. The summed E-state index contributed by atoms with van der Waals surface area (Å²) < 4.78 is 5.52. The maximum atomic E-state index is 9.84. The summed E-state index contributed by atoms with van der Waals surface area (Å²) in [7, 11) is 0. The van der Waals surface area contributed by atoms with Crippen molar-refractivity contribution in [2.45, 2.75) is 38.9 Å². The molecule has 15 heavy (non-hydrogen) atoms. The fourth-order valence-corrected chi connectivity index (χ4v) is 1.18. The first-order valence-electron chi connectivity index (χ1n) is 4.93. The predicted molar refractivity (Wildman–Crippen MR) is 55.2 cm³/mol. The number of hydrogen-bond acceptors (Lipinski definition) is 5. The lowest BCUT2D eigenvalue weighted by Crippen LogP contribution is -2.19. The molecule has 0 spiro atoms. The molecule has 0 N–H and O–H groups in total. The van der Waals surface area contributed by atoms with Crippen molar-refractivity contribution >= 4 is 12.2 Å². The van der Waals surface area contributed by atoms with Crippen molar-refractivity contribution in [2.24, 2.45) is 9.98 Å². The van der Waals surface area contributed by atoms with Gasteiger partial charge in [0.05, 0.1) is 25.3 Å². The van der Waals surface area contributed by atoms with E-state index in [1.165, 1.54) is 12.2 Å². The van der Waals surface area contributed by atoms with Crippen molar-refractivity contribution in [3.8, 4) is 0 Å². The van der Waals surface area contributed by atoms with Crippen molar-refractivity contribution in [1.29, 1.82) is 0 Å². The monoisotopic (exact) mass is 212 g/mol. The third-order valence-corrected chi connectivity index (χ3v) is 1.82. The fourth-order valence-electron chi connectivity index (χ4n) is 1.18. The van der Waals surface area contributed by atoms with E-state index in [9.17, 15) is 9.59 Å². The van der Waals surface area contributed by atoms with Gasteiger partial charge in [-0.2, -0.15) is 0 Å². The van der Waals surface area contributed by atoms with Crippen molar-refractivity contribution < 1.29 is 14.3 Å². The second kappa shape index (κ2) is 9.28. The van der Waals surface area contributed by atoms with E-state index in [0.29, 0.717) is 13.1 Å². The maximum Gasteiger partial charge on any atom is 0.235 e. The average Bonchev–Trinajstić information content (AvgIpc) is 2.21. The van der Waals surface area contributed by atoms with Gasteiger partial charge in [-0.05, 0) is 26.7 Å². The van der Waals surface area contributed by atoms with Gasteiger partial charge in [-0.3, -0.25) is 0 Å². The molecule has 2 unspecified atom stereocenters. The quantitative estimate of drug-likeness (QED) is 0.345. The lowest BCUT2D eigenvalue weighted by atomic mass is 10.2. The summed E-state index contributed by atoms with van der Waals surface area (Å²) in [6.45, 7) is 4.60. The number of nitrogens with zero attached hydrogens (tertiary/aromatic N) is 2. The maximum absolute atomic E-state index is 9.84. The average molecular weight is 212 g/mol. The van der Waals surface area contributed by atoms with E-state index in [4.69, 9.17) is 4.74 Å². The van der Waals surface area contributed by atoms with E-state index < -0.39 is 0 Å². The van der Waals surface area contributed by atoms with Gasteiger partial charge < -0.3 is 4.74 Å². The van der Waals surface area contributed by atoms with Crippen LogP contribution in [0.3, 0.4) is 0 Å². The topological polar surface area (TPSA) is 68.1 Å². The largest absolute Gasteiger partial charge is 0.374 e. The second-order valence-electron chi connectivity index (χ2n) is 3.30. The molecular weight excluding hydrogens is 196 g/mol. The number of hydrogen-bond donors (Lipinski definition) is 0. The Labute approximate surface area is 89.3 Å². The van der Waals surface area contributed by atoms with Crippen molar-refractivity contribution in [2.75, 3.05) is 13.1 Å². The van der Waals surface area contributed by atoms with Gasteiger partial charge in [0.15, 0.2) is 0 Å². The minimum atomic E-state index is -0.0870. The van der Waals surface area contributed by atoms with Crippen LogP contribution in [-0.2, 0) is 14.3 Å². The molecule has 0 radical (unpaired) electrons. The first-order chi connectivity index (χ1) is 7.20. The smallest absolute Gasteiger partial charge is 0.235 e. The van der Waals surface area contributed by atoms with Crippen molar-refractivity contribution in [3.63, 3.8) is 0 Å². The van der Waals surface area contributed by atoms with Gasteiger partial charge in [0, 0.05) is 0 Å². The van der Waals surface area contributed by atoms with E-state index in [-0.39, 0.29) is 12.2 Å². The molecule has 0 saturated heterocycles. The summed E-state index contributed by atoms with van der Waals surface area (Å²) in [6, 6.07) is 0. The lowest BCUT2D eigenvalue weighted by Gasteiger charge is -2.16. The van der Waals surface area contributed by atoms with Gasteiger partial charge in [-0.1, -0.05) is 0 Å². The van der Waals surface area contributed by atoms with Crippen LogP contribution in [0.5, 0.6) is 0 Å². The van der Waals surface area contributed by atoms with Gasteiger partial charge >= 0.3 is 0 Å². The summed E-state index contributed by atoms with van der Waals surface area (Å²) in [5.74, 6) is 0. The van der Waals surface area contributed by atoms with Gasteiger partial charge in [-0.15, -0.1) is 0 Å². The zero-order chi connectivity index (χ0) is 11.5. The van der Waals surface area contributed by atoms with E-state index >= 15 is 0 Å². The Morgan fingerprint density at radius 3 is 2.40 bits per heavy atom. The summed E-state index contributed by atoms with van der Waals surface area (Å²) in [5, 5.41) is 0. The molecule has 0 bridgehead atoms. The summed E-state index contributed by atoms with van der Waals surface area (Å²) in [5.41, 5.74) is 0. The Hall–Kier alpha value is -1.28. The number of rotatable bonds is 8. The van der Waals surface area contributed by atoms with E-state index in [0.717, 1.165) is 12.8 Å². The molecule has 0 aliphatic rings. The molecular formula is C10H16N2O3. The minimum absolute atomic E-state index is 0.0729. The lowest BCUT2D eigenvalue weighted by molar-refractivity contribution is 0.00888. The Balaban J connectivity index is 3.58. The van der Waals surface area contributed by atoms with Crippen LogP contribution in [0.15, 0.2) is 9.98 Å². The third kappa shape index (κ3) is 9.03. The second-order valence-corrected chi connectivity index (χ2v) is 3.30. The third-order valence-electron chi connectivity index (χ3n) is 1.82. The Morgan fingerprint density at radius 2 is 1.80 bits per heavy atom. The normalized spacial score (nSPS) is 13.5. The Bertz CT molecular complexity index is 255. The molecule has 0 heterocycles. The van der Waals surface area contributed by atoms with Crippen LogP contribution in [-0.4, -0.2) is 37.5 Å². The van der Waals surface area contributed by atoms with E-state index in [1.54, 1.807) is 0 Å². The van der Waals surface area contributed by atoms with Crippen LogP contribution in [0.4, 0.5) is 0 Å². The van der Waals surface area contributed by atoms with E-state index in [2.05, 4.69) is 9.98 Å². The molecule has 0 aliphatic carbocycles. The highest BCUT2D eigenvalue weighted by atomic mass is 16.5. The van der Waals surface area contributed by atoms with Crippen LogP contribution in [0.25, 0.3) is 0 Å². The number of aliphatic imine (C=N–C) groups is 2. The molecule has 0 aromatic rings. The van der Waals surface area contributed by atoms with Crippen LogP contribution in [0, 0.1) is 0 Å². The van der Waals surface area contributed by atoms with Crippen LogP contribution < -0.4 is 0 Å². The minimum Gasteiger partial charge on any atom is -0.374 e. The predicted octanol–water partition coefficient (Wildman–Crippen LogP) is 1.23. The standard InChI is InChI=1S/C10H16N2O3/c1-9(4-3-5-11-7-13)15-10(2)6-12-8-14/h9-10H,3-6H2,1-2H3. The zero-order valence-electron chi connectivity index (χ0n) is 9.10. The van der Waals surface area contributed by atoms with Crippen molar-refractivity contribution in [3.05, 3.63) is 0 Å². The molecule has 0 fully saturated rings. The number of carbonyl (C=O) groups excluding carboxylic acids is 2. The first kappa shape index (κ1) is 13.7. The van der Waals surface area contributed by atoms with Gasteiger partial charge in [0.1, 0.15) is 0 Å². The summed E-state index contributed by atoms with van der Waals surface area (Å²) >= 11 is 0. The van der Waals surface area contributed by atoms with Gasteiger partial charge in [0.25, 0.3) is 0 Å². The highest BCUT2D eigenvalue weighted by Crippen LogP contribution is 2.05. The number of isocyanates is 2. The van der Waals surface area contributed by atoms with Crippen LogP contribution >= 0.6 is 0 Å². The van der Waals surface area contributed by atoms with E-state index in [1.807, 2.05) is 13.8 Å². The van der Waals surface area contributed by atoms with Crippen LogP contribution in [0.1, 0.15) is 26.7 Å². The van der Waals surface area contributed by atoms with Crippen molar-refractivity contribution in [1.82, 2.24) is 0 Å². The highest BCUT2D eigenvalue weighted by molar-refractivity contribution is 5.33. The fraction of sp³-hybridized carbons (Fsp3) is 0.800. The first-order valence-corrected chi connectivity index (χ1v) is 4.93. The Morgan fingerprint density at radius 1 is 1.13 bits per heavy atom. The molecule has 0 aliphatic heterocycles. The summed E-state index contributed by atoms with van der Waals surface area (Å²) in [6.07, 6.45) is 4.55. The molecule has 0 aromatic heterocycles. The summed E-state index contributed by atoms with van der Waals surface area (Å²) in [4.78, 5) is 26.5. The molecule has 5 nitrogen and oxygen atoms in total. The molecule has 2 atom stereocenters. The Kier molecular flexibility index (Phi) is 8.49. The highest BCUT2D eigenvalue weighted by Gasteiger charge is 2.07. The molecule has 0 rings (SSSR count). The molecule has 0 amide bonds.